The Kier molecular flexibility index (Phi) is 4.11. The normalized spacial score (nSPS) is 12.3. The summed E-state index contributed by atoms with van der Waals surface area (Å²) in [5.41, 5.74) is 1.09. The van der Waals surface area contributed by atoms with Crippen molar-refractivity contribution in [1.29, 1.82) is 0 Å². The SMILES string of the molecule is CC(=O)OCC(C)c1ccc2c(=O)c3ccccc3ccc2c1. The summed E-state index contributed by atoms with van der Waals surface area (Å²) in [6, 6.07) is 17.4. The lowest BCUT2D eigenvalue weighted by atomic mass is 9.99. The van der Waals surface area contributed by atoms with Crippen molar-refractivity contribution in [3.63, 3.8) is 0 Å². The molecule has 3 heteroatoms. The van der Waals surface area contributed by atoms with Crippen LogP contribution in [0.5, 0.6) is 0 Å². The van der Waals surface area contributed by atoms with Gasteiger partial charge in [0.15, 0.2) is 5.43 Å². The first kappa shape index (κ1) is 15.2. The molecule has 0 heterocycles. The Bertz CT molecular complexity index is 944. The Balaban J connectivity index is 2.12. The summed E-state index contributed by atoms with van der Waals surface area (Å²) < 4.78 is 5.07. The van der Waals surface area contributed by atoms with Crippen LogP contribution in [0.3, 0.4) is 0 Å². The van der Waals surface area contributed by atoms with Crippen molar-refractivity contribution in [1.82, 2.24) is 0 Å². The maximum Gasteiger partial charge on any atom is 0.302 e. The highest BCUT2D eigenvalue weighted by Gasteiger charge is 2.09. The molecule has 23 heavy (non-hydrogen) atoms. The summed E-state index contributed by atoms with van der Waals surface area (Å²) in [5, 5.41) is 3.26. The molecular weight excluding hydrogens is 288 g/mol. The predicted molar refractivity (Wildman–Crippen MR) is 92.8 cm³/mol. The van der Waals surface area contributed by atoms with Crippen molar-refractivity contribution < 1.29 is 9.53 Å². The van der Waals surface area contributed by atoms with E-state index < -0.39 is 0 Å². The molecule has 3 rings (SSSR count). The number of rotatable bonds is 3. The van der Waals surface area contributed by atoms with Crippen molar-refractivity contribution in [3.8, 4) is 0 Å². The molecule has 0 aliphatic carbocycles. The molecule has 3 aromatic carbocycles. The van der Waals surface area contributed by atoms with Crippen LogP contribution in [-0.2, 0) is 9.53 Å². The summed E-state index contributed by atoms with van der Waals surface area (Å²) in [6.07, 6.45) is 0. The van der Waals surface area contributed by atoms with Crippen LogP contribution in [0.1, 0.15) is 25.3 Å². The molecule has 0 saturated heterocycles. The first-order valence-corrected chi connectivity index (χ1v) is 7.65. The van der Waals surface area contributed by atoms with E-state index in [1.165, 1.54) is 6.92 Å². The van der Waals surface area contributed by atoms with Gasteiger partial charge in [0.2, 0.25) is 0 Å². The van der Waals surface area contributed by atoms with Crippen molar-refractivity contribution >= 4 is 27.5 Å². The minimum absolute atomic E-state index is 0.0415. The van der Waals surface area contributed by atoms with Gasteiger partial charge in [0.05, 0.1) is 6.61 Å². The number of hydrogen-bond donors (Lipinski definition) is 0. The van der Waals surface area contributed by atoms with Gasteiger partial charge in [-0.05, 0) is 16.3 Å². The average molecular weight is 306 g/mol. The van der Waals surface area contributed by atoms with Gasteiger partial charge in [-0.1, -0.05) is 61.5 Å². The lowest BCUT2D eigenvalue weighted by Gasteiger charge is -2.12. The Labute approximate surface area is 134 Å². The second-order valence-corrected chi connectivity index (χ2v) is 5.80. The van der Waals surface area contributed by atoms with E-state index in [-0.39, 0.29) is 17.3 Å². The molecule has 0 N–H and O–H groups in total. The molecule has 116 valence electrons. The third-order valence-electron chi connectivity index (χ3n) is 4.07. The zero-order valence-electron chi connectivity index (χ0n) is 13.2. The lowest BCUT2D eigenvalue weighted by molar-refractivity contribution is -0.141. The fourth-order valence-electron chi connectivity index (χ4n) is 2.74. The molecule has 3 nitrogen and oxygen atoms in total. The lowest BCUT2D eigenvalue weighted by Crippen LogP contribution is -2.08. The molecule has 1 atom stereocenters. The summed E-state index contributed by atoms with van der Waals surface area (Å²) in [7, 11) is 0. The van der Waals surface area contributed by atoms with Gasteiger partial charge in [0.25, 0.3) is 0 Å². The van der Waals surface area contributed by atoms with E-state index in [2.05, 4.69) is 0 Å². The molecular formula is C20H18O3. The first-order chi connectivity index (χ1) is 11.1. The van der Waals surface area contributed by atoms with Crippen LogP contribution in [0.2, 0.25) is 0 Å². The van der Waals surface area contributed by atoms with Gasteiger partial charge < -0.3 is 4.74 Å². The van der Waals surface area contributed by atoms with Gasteiger partial charge in [0, 0.05) is 23.6 Å². The van der Waals surface area contributed by atoms with Gasteiger partial charge in [-0.15, -0.1) is 0 Å². The topological polar surface area (TPSA) is 43.4 Å². The van der Waals surface area contributed by atoms with E-state index in [0.29, 0.717) is 12.0 Å². The molecule has 0 saturated carbocycles. The Morgan fingerprint density at radius 2 is 1.70 bits per heavy atom. The number of benzene rings is 2. The number of fused-ring (bicyclic) bond motifs is 2. The Morgan fingerprint density at radius 3 is 2.48 bits per heavy atom. The van der Waals surface area contributed by atoms with Gasteiger partial charge in [0.1, 0.15) is 0 Å². The van der Waals surface area contributed by atoms with E-state index in [1.807, 2.05) is 61.5 Å². The van der Waals surface area contributed by atoms with E-state index in [9.17, 15) is 9.59 Å². The van der Waals surface area contributed by atoms with Crippen molar-refractivity contribution in [2.45, 2.75) is 19.8 Å². The largest absolute Gasteiger partial charge is 0.465 e. The second kappa shape index (κ2) is 6.21. The summed E-state index contributed by atoms with van der Waals surface area (Å²) in [6.45, 7) is 3.75. The van der Waals surface area contributed by atoms with E-state index in [1.54, 1.807) is 0 Å². The number of ether oxygens (including phenoxy) is 1. The zero-order chi connectivity index (χ0) is 16.4. The summed E-state index contributed by atoms with van der Waals surface area (Å²) in [4.78, 5) is 23.7. The monoisotopic (exact) mass is 306 g/mol. The molecule has 0 radical (unpaired) electrons. The fraction of sp³-hybridized carbons (Fsp3) is 0.200. The van der Waals surface area contributed by atoms with Crippen LogP contribution in [0, 0.1) is 0 Å². The highest BCUT2D eigenvalue weighted by Crippen LogP contribution is 2.22. The van der Waals surface area contributed by atoms with Gasteiger partial charge >= 0.3 is 5.97 Å². The maximum atomic E-state index is 12.7. The molecule has 0 bridgehead atoms. The van der Waals surface area contributed by atoms with Crippen LogP contribution >= 0.6 is 0 Å². The standard InChI is InChI=1S/C20H18O3/c1-13(12-23-14(2)21)16-9-10-19-17(11-16)8-7-15-5-3-4-6-18(15)20(19)22/h3-11,13H,12H2,1-2H3. The maximum absolute atomic E-state index is 12.7. The highest BCUT2D eigenvalue weighted by molar-refractivity contribution is 5.93. The minimum atomic E-state index is -0.280. The molecule has 0 spiro atoms. The average Bonchev–Trinajstić information content (AvgIpc) is 2.70. The van der Waals surface area contributed by atoms with Crippen LogP contribution < -0.4 is 5.43 Å². The van der Waals surface area contributed by atoms with Gasteiger partial charge in [-0.25, -0.2) is 0 Å². The smallest absolute Gasteiger partial charge is 0.302 e. The number of carbonyl (C=O) groups excluding carboxylic acids is 1. The van der Waals surface area contributed by atoms with Crippen LogP contribution in [-0.4, -0.2) is 12.6 Å². The zero-order valence-corrected chi connectivity index (χ0v) is 13.2. The number of hydrogen-bond acceptors (Lipinski definition) is 3. The third kappa shape index (κ3) is 3.09. The van der Waals surface area contributed by atoms with Crippen LogP contribution in [0.4, 0.5) is 0 Å². The van der Waals surface area contributed by atoms with Crippen molar-refractivity contribution in [2.75, 3.05) is 6.61 Å². The van der Waals surface area contributed by atoms with Crippen LogP contribution in [0.25, 0.3) is 21.5 Å². The summed E-state index contributed by atoms with van der Waals surface area (Å²) >= 11 is 0. The number of carbonyl (C=O) groups is 1. The van der Waals surface area contributed by atoms with Crippen LogP contribution in [0.15, 0.2) is 59.4 Å². The van der Waals surface area contributed by atoms with E-state index >= 15 is 0 Å². The van der Waals surface area contributed by atoms with Crippen molar-refractivity contribution in [3.05, 3.63) is 70.4 Å². The molecule has 0 aliphatic heterocycles. The molecule has 3 aromatic rings. The Morgan fingerprint density at radius 1 is 1.00 bits per heavy atom. The van der Waals surface area contributed by atoms with E-state index in [4.69, 9.17) is 4.74 Å². The molecule has 0 amide bonds. The fourth-order valence-corrected chi connectivity index (χ4v) is 2.74. The molecule has 0 aromatic heterocycles. The van der Waals surface area contributed by atoms with Crippen molar-refractivity contribution in [2.24, 2.45) is 0 Å². The van der Waals surface area contributed by atoms with Gasteiger partial charge in [-0.3, -0.25) is 9.59 Å². The first-order valence-electron chi connectivity index (χ1n) is 7.65. The van der Waals surface area contributed by atoms with E-state index in [0.717, 1.165) is 21.7 Å². The summed E-state index contributed by atoms with van der Waals surface area (Å²) in [5.74, 6) is -0.199. The number of esters is 1. The molecule has 0 aliphatic rings. The third-order valence-corrected chi connectivity index (χ3v) is 4.07. The quantitative estimate of drug-likeness (QED) is 0.686. The highest BCUT2D eigenvalue weighted by atomic mass is 16.5. The second-order valence-electron chi connectivity index (χ2n) is 5.80. The molecule has 1 unspecified atom stereocenters. The minimum Gasteiger partial charge on any atom is -0.465 e. The Hall–Kier alpha value is -2.68. The molecule has 0 fully saturated rings. The van der Waals surface area contributed by atoms with Gasteiger partial charge in [-0.2, -0.15) is 0 Å². The predicted octanol–water partition coefficient (Wildman–Crippen LogP) is 4.02.